The number of halogens is 1. The number of carbonyl (C=O) groups is 1. The van der Waals surface area contributed by atoms with Crippen LogP contribution in [-0.2, 0) is 5.75 Å². The Morgan fingerprint density at radius 3 is 2.72 bits per heavy atom. The molecule has 0 aliphatic heterocycles. The van der Waals surface area contributed by atoms with Crippen molar-refractivity contribution in [3.8, 4) is 0 Å². The Hall–Kier alpha value is -2.11. The molecule has 0 fully saturated rings. The van der Waals surface area contributed by atoms with Crippen molar-refractivity contribution in [2.24, 2.45) is 0 Å². The molecule has 3 rings (SSSR count). The molecule has 0 atom stereocenters. The van der Waals surface area contributed by atoms with Gasteiger partial charge >= 0.3 is 0 Å². The summed E-state index contributed by atoms with van der Waals surface area (Å²) in [4.78, 5) is 14.8. The lowest BCUT2D eigenvalue weighted by Crippen LogP contribution is -2.17. The van der Waals surface area contributed by atoms with Gasteiger partial charge in [-0.05, 0) is 30.5 Å². The van der Waals surface area contributed by atoms with Gasteiger partial charge in [0.05, 0.1) is 11.4 Å². The molecule has 1 aromatic heterocycles. The molecule has 0 bridgehead atoms. The van der Waals surface area contributed by atoms with Crippen LogP contribution in [0.3, 0.4) is 0 Å². The van der Waals surface area contributed by atoms with Crippen molar-refractivity contribution in [1.82, 2.24) is 0 Å². The number of hydrogen-bond acceptors (Lipinski definition) is 4. The van der Waals surface area contributed by atoms with E-state index in [4.69, 9.17) is 16.0 Å². The summed E-state index contributed by atoms with van der Waals surface area (Å²) in [5.74, 6) is 0.779. The summed E-state index contributed by atoms with van der Waals surface area (Å²) in [6.07, 6.45) is 2.00. The van der Waals surface area contributed by atoms with E-state index in [0.717, 1.165) is 22.2 Å². The van der Waals surface area contributed by atoms with Crippen LogP contribution >= 0.6 is 23.4 Å². The summed E-state index contributed by atoms with van der Waals surface area (Å²) in [7, 11) is 3.83. The number of anilines is 2. The highest BCUT2D eigenvalue weighted by atomic mass is 35.5. The zero-order valence-electron chi connectivity index (χ0n) is 14.3. The number of nitrogens with zero attached hydrogens (tertiary/aromatic N) is 1. The molecule has 3 aromatic rings. The summed E-state index contributed by atoms with van der Waals surface area (Å²) < 4.78 is 5.84. The van der Waals surface area contributed by atoms with E-state index < -0.39 is 0 Å². The minimum Gasteiger partial charge on any atom is -0.451 e. The van der Waals surface area contributed by atoms with Crippen LogP contribution in [-0.4, -0.2) is 26.3 Å². The van der Waals surface area contributed by atoms with Crippen molar-refractivity contribution in [3.63, 3.8) is 0 Å². The molecule has 6 heteroatoms. The molecule has 130 valence electrons. The van der Waals surface area contributed by atoms with Crippen LogP contribution < -0.4 is 10.2 Å². The molecule has 0 aliphatic rings. The Morgan fingerprint density at radius 1 is 1.24 bits per heavy atom. The molecular formula is C19H19ClN2O2S. The van der Waals surface area contributed by atoms with Gasteiger partial charge in [0.1, 0.15) is 5.58 Å². The number of carbonyl (C=O) groups excluding carboxylic acids is 1. The highest BCUT2D eigenvalue weighted by molar-refractivity contribution is 7.97. The van der Waals surface area contributed by atoms with Crippen molar-refractivity contribution in [2.45, 2.75) is 5.75 Å². The number of rotatable bonds is 5. The highest BCUT2D eigenvalue weighted by Gasteiger charge is 2.21. The Balaban J connectivity index is 2.01. The van der Waals surface area contributed by atoms with Crippen molar-refractivity contribution in [3.05, 3.63) is 58.8 Å². The number of benzene rings is 2. The summed E-state index contributed by atoms with van der Waals surface area (Å²) in [5.41, 5.74) is 3.16. The molecule has 0 saturated heterocycles. The molecule has 0 radical (unpaired) electrons. The van der Waals surface area contributed by atoms with Gasteiger partial charge in [-0.15, -0.1) is 0 Å². The SMILES string of the molecule is CSCc1c(C(=O)Nc2cc(Cl)ccc2N(C)C)oc2ccccc12. The Bertz CT molecular complexity index is 921. The number of amides is 1. The largest absolute Gasteiger partial charge is 0.451 e. The zero-order valence-corrected chi connectivity index (χ0v) is 15.9. The molecular weight excluding hydrogens is 356 g/mol. The molecule has 4 nitrogen and oxygen atoms in total. The maximum Gasteiger partial charge on any atom is 0.291 e. The number of para-hydroxylation sites is 1. The van der Waals surface area contributed by atoms with Crippen LogP contribution in [0.1, 0.15) is 16.1 Å². The molecule has 0 aliphatic carbocycles. The predicted octanol–water partition coefficient (Wildman–Crippen LogP) is 5.27. The number of hydrogen-bond donors (Lipinski definition) is 1. The molecule has 1 amide bonds. The maximum absolute atomic E-state index is 12.9. The van der Waals surface area contributed by atoms with Crippen molar-refractivity contribution >= 4 is 51.6 Å². The Morgan fingerprint density at radius 2 is 2.00 bits per heavy atom. The van der Waals surface area contributed by atoms with E-state index in [-0.39, 0.29) is 5.91 Å². The molecule has 1 N–H and O–H groups in total. The second kappa shape index (κ2) is 7.42. The molecule has 25 heavy (non-hydrogen) atoms. The fourth-order valence-corrected chi connectivity index (χ4v) is 3.49. The van der Waals surface area contributed by atoms with Gasteiger partial charge in [0, 0.05) is 35.8 Å². The number of thioether (sulfide) groups is 1. The molecule has 0 spiro atoms. The second-order valence-corrected chi connectivity index (χ2v) is 7.15. The van der Waals surface area contributed by atoms with Crippen LogP contribution in [0.2, 0.25) is 5.02 Å². The smallest absolute Gasteiger partial charge is 0.291 e. The third-order valence-electron chi connectivity index (χ3n) is 3.88. The summed E-state index contributed by atoms with van der Waals surface area (Å²) in [6, 6.07) is 13.1. The highest BCUT2D eigenvalue weighted by Crippen LogP contribution is 2.32. The van der Waals surface area contributed by atoms with Crippen LogP contribution in [0.5, 0.6) is 0 Å². The molecule has 2 aromatic carbocycles. The van der Waals surface area contributed by atoms with E-state index in [1.165, 1.54) is 0 Å². The van der Waals surface area contributed by atoms with Crippen LogP contribution in [0, 0.1) is 0 Å². The summed E-state index contributed by atoms with van der Waals surface area (Å²) >= 11 is 7.75. The van der Waals surface area contributed by atoms with Gasteiger partial charge in [-0.3, -0.25) is 4.79 Å². The quantitative estimate of drug-likeness (QED) is 0.661. The monoisotopic (exact) mass is 374 g/mol. The zero-order chi connectivity index (χ0) is 18.0. The first-order valence-corrected chi connectivity index (χ1v) is 9.56. The minimum absolute atomic E-state index is 0.273. The van der Waals surface area contributed by atoms with Gasteiger partial charge in [0.2, 0.25) is 0 Å². The number of fused-ring (bicyclic) bond motifs is 1. The van der Waals surface area contributed by atoms with Gasteiger partial charge in [-0.2, -0.15) is 11.8 Å². The third kappa shape index (κ3) is 3.62. The van der Waals surface area contributed by atoms with Crippen molar-refractivity contribution < 1.29 is 9.21 Å². The standard InChI is InChI=1S/C19H19ClN2O2S/c1-22(2)16-9-8-12(20)10-15(16)21-19(23)18-14(11-25-3)13-6-4-5-7-17(13)24-18/h4-10H,11H2,1-3H3,(H,21,23). The summed E-state index contributed by atoms with van der Waals surface area (Å²) in [5, 5.41) is 4.48. The van der Waals surface area contributed by atoms with Crippen LogP contribution in [0.25, 0.3) is 11.0 Å². The van der Waals surface area contributed by atoms with Gasteiger partial charge in [0.25, 0.3) is 5.91 Å². The van der Waals surface area contributed by atoms with E-state index in [1.807, 2.05) is 55.6 Å². The normalized spacial score (nSPS) is 10.9. The first-order valence-electron chi connectivity index (χ1n) is 7.79. The van der Waals surface area contributed by atoms with Crippen molar-refractivity contribution in [2.75, 3.05) is 30.6 Å². The molecule has 1 heterocycles. The lowest BCUT2D eigenvalue weighted by atomic mass is 10.1. The first-order chi connectivity index (χ1) is 12.0. The fraction of sp³-hybridized carbons (Fsp3) is 0.211. The average molecular weight is 375 g/mol. The van der Waals surface area contributed by atoms with Crippen LogP contribution in [0.4, 0.5) is 11.4 Å². The van der Waals surface area contributed by atoms with E-state index in [0.29, 0.717) is 22.2 Å². The summed E-state index contributed by atoms with van der Waals surface area (Å²) in [6.45, 7) is 0. The van der Waals surface area contributed by atoms with Gasteiger partial charge in [-0.25, -0.2) is 0 Å². The van der Waals surface area contributed by atoms with E-state index in [2.05, 4.69) is 5.32 Å². The van der Waals surface area contributed by atoms with E-state index in [9.17, 15) is 4.79 Å². The third-order valence-corrected chi connectivity index (χ3v) is 4.69. The lowest BCUT2D eigenvalue weighted by Gasteiger charge is -2.18. The fourth-order valence-electron chi connectivity index (χ4n) is 2.75. The first kappa shape index (κ1) is 17.7. The van der Waals surface area contributed by atoms with Gasteiger partial charge < -0.3 is 14.6 Å². The minimum atomic E-state index is -0.273. The molecule has 0 unspecified atom stereocenters. The lowest BCUT2D eigenvalue weighted by molar-refractivity contribution is 0.0998. The molecule has 0 saturated carbocycles. The van der Waals surface area contributed by atoms with E-state index >= 15 is 0 Å². The van der Waals surface area contributed by atoms with Crippen molar-refractivity contribution in [1.29, 1.82) is 0 Å². The van der Waals surface area contributed by atoms with Crippen LogP contribution in [0.15, 0.2) is 46.9 Å². The predicted molar refractivity (Wildman–Crippen MR) is 107 cm³/mol. The topological polar surface area (TPSA) is 45.5 Å². The average Bonchev–Trinajstić information content (AvgIpc) is 2.94. The van der Waals surface area contributed by atoms with E-state index in [1.54, 1.807) is 23.9 Å². The Labute approximate surface area is 156 Å². The van der Waals surface area contributed by atoms with Gasteiger partial charge in [0.15, 0.2) is 5.76 Å². The van der Waals surface area contributed by atoms with Gasteiger partial charge in [-0.1, -0.05) is 29.8 Å². The maximum atomic E-state index is 12.9. The number of furan rings is 1. The Kier molecular flexibility index (Phi) is 5.25. The second-order valence-electron chi connectivity index (χ2n) is 5.85. The number of nitrogens with one attached hydrogen (secondary N) is 1.